The van der Waals surface area contributed by atoms with E-state index < -0.39 is 0 Å². The van der Waals surface area contributed by atoms with Crippen molar-refractivity contribution in [2.45, 2.75) is 38.5 Å². The van der Waals surface area contributed by atoms with E-state index in [1.807, 2.05) is 18.2 Å². The highest BCUT2D eigenvalue weighted by Crippen LogP contribution is 2.22. The molecule has 2 rings (SSSR count). The van der Waals surface area contributed by atoms with E-state index in [4.69, 9.17) is 0 Å². The largest absolute Gasteiger partial charge is 0.356 e. The van der Waals surface area contributed by atoms with Crippen molar-refractivity contribution in [1.82, 2.24) is 10.6 Å². The molecule has 0 spiro atoms. The van der Waals surface area contributed by atoms with Gasteiger partial charge in [-0.25, -0.2) is 0 Å². The topological polar surface area (TPSA) is 41.1 Å². The van der Waals surface area contributed by atoms with Gasteiger partial charge in [-0.2, -0.15) is 0 Å². The van der Waals surface area contributed by atoms with Crippen LogP contribution in [0, 0.1) is 5.92 Å². The number of amides is 1. The molecular formula is C17H26N2O. The second kappa shape index (κ2) is 8.05. The van der Waals surface area contributed by atoms with E-state index in [-0.39, 0.29) is 5.91 Å². The molecule has 1 saturated heterocycles. The lowest BCUT2D eigenvalue weighted by atomic mass is 9.93. The molecule has 3 heteroatoms. The average Bonchev–Trinajstić information content (AvgIpc) is 2.52. The summed E-state index contributed by atoms with van der Waals surface area (Å²) < 4.78 is 0. The quantitative estimate of drug-likeness (QED) is 0.837. The van der Waals surface area contributed by atoms with Gasteiger partial charge in [0, 0.05) is 13.0 Å². The smallest absolute Gasteiger partial charge is 0.220 e. The Kier molecular flexibility index (Phi) is 6.06. The Morgan fingerprint density at radius 2 is 2.20 bits per heavy atom. The molecule has 110 valence electrons. The summed E-state index contributed by atoms with van der Waals surface area (Å²) in [5.41, 5.74) is 1.27. The minimum Gasteiger partial charge on any atom is -0.356 e. The molecule has 0 aromatic heterocycles. The number of hydrogen-bond acceptors (Lipinski definition) is 2. The van der Waals surface area contributed by atoms with Crippen molar-refractivity contribution >= 4 is 5.91 Å². The molecule has 1 amide bonds. The molecule has 3 nitrogen and oxygen atoms in total. The molecule has 0 aliphatic carbocycles. The maximum Gasteiger partial charge on any atom is 0.220 e. The van der Waals surface area contributed by atoms with Crippen LogP contribution in [-0.2, 0) is 4.79 Å². The molecule has 1 aliphatic rings. The molecular weight excluding hydrogens is 248 g/mol. The van der Waals surface area contributed by atoms with Gasteiger partial charge in [0.2, 0.25) is 5.91 Å². The second-order valence-corrected chi connectivity index (χ2v) is 5.74. The number of benzene rings is 1. The number of nitrogens with one attached hydrogen (secondary N) is 2. The molecule has 20 heavy (non-hydrogen) atoms. The number of piperidine rings is 1. The zero-order valence-electron chi connectivity index (χ0n) is 12.4. The minimum atomic E-state index is 0.186. The van der Waals surface area contributed by atoms with Crippen LogP contribution in [0.1, 0.15) is 44.1 Å². The van der Waals surface area contributed by atoms with Crippen molar-refractivity contribution in [2.75, 3.05) is 19.6 Å². The zero-order valence-corrected chi connectivity index (χ0v) is 12.4. The molecule has 1 fully saturated rings. The van der Waals surface area contributed by atoms with Crippen LogP contribution in [0.5, 0.6) is 0 Å². The molecule has 1 aliphatic heterocycles. The Labute approximate surface area is 122 Å². The summed E-state index contributed by atoms with van der Waals surface area (Å²) in [6.45, 7) is 5.12. The molecule has 1 aromatic carbocycles. The van der Waals surface area contributed by atoms with Gasteiger partial charge in [-0.15, -0.1) is 0 Å². The average molecular weight is 274 g/mol. The number of carbonyl (C=O) groups is 1. The summed E-state index contributed by atoms with van der Waals surface area (Å²) in [6, 6.07) is 10.3. The molecule has 1 aromatic rings. The van der Waals surface area contributed by atoms with Crippen LogP contribution in [0.25, 0.3) is 0 Å². The third-order valence-corrected chi connectivity index (χ3v) is 4.18. The van der Waals surface area contributed by atoms with E-state index in [0.717, 1.165) is 26.1 Å². The maximum atomic E-state index is 12.1. The van der Waals surface area contributed by atoms with Gasteiger partial charge in [0.05, 0.1) is 0 Å². The Morgan fingerprint density at radius 3 is 2.85 bits per heavy atom. The first-order chi connectivity index (χ1) is 9.79. The van der Waals surface area contributed by atoms with Gasteiger partial charge in [-0.05, 0) is 49.8 Å². The summed E-state index contributed by atoms with van der Waals surface area (Å²) in [7, 11) is 0. The maximum absolute atomic E-state index is 12.1. The predicted molar refractivity (Wildman–Crippen MR) is 82.7 cm³/mol. The number of carbonyl (C=O) groups excluding carboxylic acids is 1. The third-order valence-electron chi connectivity index (χ3n) is 4.18. The van der Waals surface area contributed by atoms with Gasteiger partial charge < -0.3 is 10.6 Å². The van der Waals surface area contributed by atoms with Crippen molar-refractivity contribution in [3.63, 3.8) is 0 Å². The van der Waals surface area contributed by atoms with Gasteiger partial charge in [0.25, 0.3) is 0 Å². The summed E-state index contributed by atoms with van der Waals surface area (Å²) in [4.78, 5) is 12.1. The van der Waals surface area contributed by atoms with Gasteiger partial charge in [-0.3, -0.25) is 4.79 Å². The molecule has 0 bridgehead atoms. The van der Waals surface area contributed by atoms with E-state index in [9.17, 15) is 4.79 Å². The standard InChI is InChI=1S/C17H26N2O/c1-2-15(16-8-4-3-5-9-16)11-17(20)19-13-14-7-6-10-18-12-14/h3-5,8-9,14-15,18H,2,6-7,10-13H2,1H3,(H,19,20). The zero-order chi connectivity index (χ0) is 14.2. The summed E-state index contributed by atoms with van der Waals surface area (Å²) >= 11 is 0. The first kappa shape index (κ1) is 15.0. The van der Waals surface area contributed by atoms with Crippen LogP contribution < -0.4 is 10.6 Å². The SMILES string of the molecule is CCC(CC(=O)NCC1CCCNC1)c1ccccc1. The van der Waals surface area contributed by atoms with Crippen LogP contribution >= 0.6 is 0 Å². The van der Waals surface area contributed by atoms with Crippen LogP contribution in [0.2, 0.25) is 0 Å². The van der Waals surface area contributed by atoms with E-state index in [1.165, 1.54) is 18.4 Å². The summed E-state index contributed by atoms with van der Waals surface area (Å²) in [6.07, 6.45) is 4.05. The van der Waals surface area contributed by atoms with Gasteiger partial charge in [0.15, 0.2) is 0 Å². The van der Waals surface area contributed by atoms with E-state index in [1.54, 1.807) is 0 Å². The van der Waals surface area contributed by atoms with E-state index >= 15 is 0 Å². The van der Waals surface area contributed by atoms with Crippen molar-refractivity contribution in [2.24, 2.45) is 5.92 Å². The van der Waals surface area contributed by atoms with Gasteiger partial charge in [0.1, 0.15) is 0 Å². The lowest BCUT2D eigenvalue weighted by Crippen LogP contribution is -2.38. The first-order valence-electron chi connectivity index (χ1n) is 7.82. The van der Waals surface area contributed by atoms with Crippen molar-refractivity contribution < 1.29 is 4.79 Å². The molecule has 2 unspecified atom stereocenters. The second-order valence-electron chi connectivity index (χ2n) is 5.74. The monoisotopic (exact) mass is 274 g/mol. The fourth-order valence-corrected chi connectivity index (χ4v) is 2.88. The molecule has 2 atom stereocenters. The van der Waals surface area contributed by atoms with E-state index in [2.05, 4.69) is 29.7 Å². The van der Waals surface area contributed by atoms with Crippen LogP contribution in [-0.4, -0.2) is 25.5 Å². The Bertz CT molecular complexity index is 399. The third kappa shape index (κ3) is 4.64. The van der Waals surface area contributed by atoms with Gasteiger partial charge in [-0.1, -0.05) is 37.3 Å². The Morgan fingerprint density at radius 1 is 1.40 bits per heavy atom. The molecule has 0 saturated carbocycles. The minimum absolute atomic E-state index is 0.186. The van der Waals surface area contributed by atoms with E-state index in [0.29, 0.717) is 18.3 Å². The van der Waals surface area contributed by atoms with Crippen molar-refractivity contribution in [1.29, 1.82) is 0 Å². The summed E-state index contributed by atoms with van der Waals surface area (Å²) in [5.74, 6) is 1.12. The highest BCUT2D eigenvalue weighted by atomic mass is 16.1. The lowest BCUT2D eigenvalue weighted by molar-refractivity contribution is -0.121. The Hall–Kier alpha value is -1.35. The summed E-state index contributed by atoms with van der Waals surface area (Å²) in [5, 5.41) is 6.49. The highest BCUT2D eigenvalue weighted by Gasteiger charge is 2.17. The van der Waals surface area contributed by atoms with Crippen LogP contribution in [0.15, 0.2) is 30.3 Å². The highest BCUT2D eigenvalue weighted by molar-refractivity contribution is 5.76. The molecule has 2 N–H and O–H groups in total. The normalized spacial score (nSPS) is 20.4. The van der Waals surface area contributed by atoms with Crippen molar-refractivity contribution in [3.05, 3.63) is 35.9 Å². The lowest BCUT2D eigenvalue weighted by Gasteiger charge is -2.23. The van der Waals surface area contributed by atoms with Crippen LogP contribution in [0.4, 0.5) is 0 Å². The van der Waals surface area contributed by atoms with Gasteiger partial charge >= 0.3 is 0 Å². The number of hydrogen-bond donors (Lipinski definition) is 2. The number of rotatable bonds is 6. The fraction of sp³-hybridized carbons (Fsp3) is 0.588. The first-order valence-corrected chi connectivity index (χ1v) is 7.82. The Balaban J connectivity index is 1.77. The molecule has 0 radical (unpaired) electrons. The predicted octanol–water partition coefficient (Wildman–Crippen LogP) is 2.69. The fourth-order valence-electron chi connectivity index (χ4n) is 2.88. The molecule has 1 heterocycles. The van der Waals surface area contributed by atoms with Crippen molar-refractivity contribution in [3.8, 4) is 0 Å². The van der Waals surface area contributed by atoms with Crippen LogP contribution in [0.3, 0.4) is 0 Å².